The average Bonchev–Trinajstić information content (AvgIpc) is 2.43. The first-order chi connectivity index (χ1) is 9.15. The van der Waals surface area contributed by atoms with Crippen LogP contribution in [0.5, 0.6) is 0 Å². The Balaban J connectivity index is 2.11. The summed E-state index contributed by atoms with van der Waals surface area (Å²) in [5.74, 6) is 0. The summed E-state index contributed by atoms with van der Waals surface area (Å²) in [5.41, 5.74) is 2.49. The molecule has 1 heterocycles. The molecule has 3 nitrogen and oxygen atoms in total. The Morgan fingerprint density at radius 2 is 1.95 bits per heavy atom. The van der Waals surface area contributed by atoms with Gasteiger partial charge in [0.05, 0.1) is 12.6 Å². The van der Waals surface area contributed by atoms with E-state index in [4.69, 9.17) is 0 Å². The molecule has 0 radical (unpaired) electrons. The van der Waals surface area contributed by atoms with E-state index in [1.54, 1.807) is 0 Å². The molecular formula is C16H26N2O. The van der Waals surface area contributed by atoms with Gasteiger partial charge in [0, 0.05) is 25.7 Å². The number of likely N-dealkylation sites (N-methyl/N-ethyl adjacent to an activating group) is 1. The molecule has 1 aromatic carbocycles. The van der Waals surface area contributed by atoms with Crippen LogP contribution < -0.4 is 0 Å². The second-order valence-corrected chi connectivity index (χ2v) is 5.59. The van der Waals surface area contributed by atoms with Crippen molar-refractivity contribution in [1.29, 1.82) is 0 Å². The summed E-state index contributed by atoms with van der Waals surface area (Å²) >= 11 is 0. The van der Waals surface area contributed by atoms with E-state index >= 15 is 0 Å². The van der Waals surface area contributed by atoms with Gasteiger partial charge in [0.25, 0.3) is 0 Å². The second-order valence-electron chi connectivity index (χ2n) is 5.59. The summed E-state index contributed by atoms with van der Waals surface area (Å²) in [7, 11) is 0. The van der Waals surface area contributed by atoms with Crippen molar-refractivity contribution in [2.45, 2.75) is 32.9 Å². The van der Waals surface area contributed by atoms with E-state index in [1.807, 2.05) is 0 Å². The molecule has 2 atom stereocenters. The molecule has 0 saturated carbocycles. The van der Waals surface area contributed by atoms with Crippen LogP contribution in [0.2, 0.25) is 0 Å². The lowest BCUT2D eigenvalue weighted by molar-refractivity contribution is 0.0271. The Bertz CT molecular complexity index is 390. The third-order valence-electron chi connectivity index (χ3n) is 4.25. The molecule has 1 aliphatic heterocycles. The minimum atomic E-state index is 0.134. The van der Waals surface area contributed by atoms with E-state index in [9.17, 15) is 5.11 Å². The van der Waals surface area contributed by atoms with Crippen LogP contribution in [0.15, 0.2) is 24.3 Å². The highest BCUT2D eigenvalue weighted by Gasteiger charge is 2.29. The van der Waals surface area contributed by atoms with Crippen molar-refractivity contribution < 1.29 is 5.11 Å². The van der Waals surface area contributed by atoms with Gasteiger partial charge in [0.15, 0.2) is 0 Å². The molecule has 0 aromatic heterocycles. The third kappa shape index (κ3) is 3.35. The predicted octanol–water partition coefficient (Wildman–Crippen LogP) is 2.05. The van der Waals surface area contributed by atoms with Crippen molar-refractivity contribution in [3.8, 4) is 0 Å². The fourth-order valence-electron chi connectivity index (χ4n) is 2.99. The molecule has 1 aromatic rings. The van der Waals surface area contributed by atoms with Crippen molar-refractivity contribution in [2.24, 2.45) is 0 Å². The van der Waals surface area contributed by atoms with Gasteiger partial charge in [-0.2, -0.15) is 0 Å². The van der Waals surface area contributed by atoms with E-state index in [0.717, 1.165) is 26.2 Å². The molecule has 0 bridgehead atoms. The first-order valence-electron chi connectivity index (χ1n) is 7.31. The number of aryl methyl sites for hydroxylation is 1. The van der Waals surface area contributed by atoms with Crippen LogP contribution in [0.3, 0.4) is 0 Å². The van der Waals surface area contributed by atoms with Gasteiger partial charge in [-0.15, -0.1) is 0 Å². The van der Waals surface area contributed by atoms with Crippen LogP contribution in [-0.4, -0.2) is 53.7 Å². The number of nitrogens with zero attached hydrogens (tertiary/aromatic N) is 2. The fraction of sp³-hybridized carbons (Fsp3) is 0.625. The van der Waals surface area contributed by atoms with E-state index in [2.05, 4.69) is 54.8 Å². The maximum absolute atomic E-state index is 9.79. The van der Waals surface area contributed by atoms with Crippen molar-refractivity contribution >= 4 is 0 Å². The first kappa shape index (κ1) is 14.5. The SMILES string of the molecule is CCN1CCN(C(CO)c2ccc(C)cc2)C(C)C1. The second kappa shape index (κ2) is 6.51. The number of hydrogen-bond acceptors (Lipinski definition) is 3. The van der Waals surface area contributed by atoms with Crippen LogP contribution in [0.4, 0.5) is 0 Å². The smallest absolute Gasteiger partial charge is 0.0628 e. The van der Waals surface area contributed by atoms with Crippen molar-refractivity contribution in [2.75, 3.05) is 32.8 Å². The first-order valence-corrected chi connectivity index (χ1v) is 7.31. The van der Waals surface area contributed by atoms with Crippen LogP contribution in [-0.2, 0) is 0 Å². The van der Waals surface area contributed by atoms with Gasteiger partial charge in [-0.25, -0.2) is 0 Å². The van der Waals surface area contributed by atoms with Crippen molar-refractivity contribution in [1.82, 2.24) is 9.80 Å². The minimum Gasteiger partial charge on any atom is -0.394 e. The average molecular weight is 262 g/mol. The van der Waals surface area contributed by atoms with Crippen molar-refractivity contribution in [3.05, 3.63) is 35.4 Å². The zero-order valence-electron chi connectivity index (χ0n) is 12.3. The Hall–Kier alpha value is -0.900. The lowest BCUT2D eigenvalue weighted by Crippen LogP contribution is -2.53. The zero-order chi connectivity index (χ0) is 13.8. The van der Waals surface area contributed by atoms with E-state index < -0.39 is 0 Å². The van der Waals surface area contributed by atoms with E-state index in [-0.39, 0.29) is 12.6 Å². The molecule has 106 valence electrons. The van der Waals surface area contributed by atoms with Gasteiger partial charge >= 0.3 is 0 Å². The fourth-order valence-corrected chi connectivity index (χ4v) is 2.99. The highest BCUT2D eigenvalue weighted by molar-refractivity contribution is 5.24. The molecule has 2 unspecified atom stereocenters. The van der Waals surface area contributed by atoms with Gasteiger partial charge < -0.3 is 10.0 Å². The largest absolute Gasteiger partial charge is 0.394 e. The molecule has 1 fully saturated rings. The third-order valence-corrected chi connectivity index (χ3v) is 4.25. The lowest BCUT2D eigenvalue weighted by atomic mass is 10.0. The molecule has 0 aliphatic carbocycles. The highest BCUT2D eigenvalue weighted by Crippen LogP contribution is 2.25. The standard InChI is InChI=1S/C16H26N2O/c1-4-17-9-10-18(14(3)11-17)16(12-19)15-7-5-13(2)6-8-15/h5-8,14,16,19H,4,9-12H2,1-3H3. The number of benzene rings is 1. The van der Waals surface area contributed by atoms with Gasteiger partial charge in [0.1, 0.15) is 0 Å². The monoisotopic (exact) mass is 262 g/mol. The number of rotatable bonds is 4. The summed E-state index contributed by atoms with van der Waals surface area (Å²) in [4.78, 5) is 4.92. The van der Waals surface area contributed by atoms with Crippen LogP contribution in [0.25, 0.3) is 0 Å². The Morgan fingerprint density at radius 1 is 1.26 bits per heavy atom. The number of aliphatic hydroxyl groups excluding tert-OH is 1. The molecule has 0 spiro atoms. The normalized spacial score (nSPS) is 23.5. The molecule has 1 aliphatic rings. The molecule has 0 amide bonds. The molecule has 19 heavy (non-hydrogen) atoms. The Labute approximate surface area is 116 Å². The molecular weight excluding hydrogens is 236 g/mol. The van der Waals surface area contributed by atoms with Crippen LogP contribution >= 0.6 is 0 Å². The minimum absolute atomic E-state index is 0.134. The van der Waals surface area contributed by atoms with Crippen LogP contribution in [0, 0.1) is 6.92 Å². The predicted molar refractivity (Wildman–Crippen MR) is 79.3 cm³/mol. The highest BCUT2D eigenvalue weighted by atomic mass is 16.3. The topological polar surface area (TPSA) is 26.7 Å². The molecule has 3 heteroatoms. The lowest BCUT2D eigenvalue weighted by Gasteiger charge is -2.43. The number of aliphatic hydroxyl groups is 1. The quantitative estimate of drug-likeness (QED) is 0.899. The van der Waals surface area contributed by atoms with Gasteiger partial charge in [-0.3, -0.25) is 4.90 Å². The summed E-state index contributed by atoms with van der Waals surface area (Å²) in [6.07, 6.45) is 0. The van der Waals surface area contributed by atoms with E-state index in [1.165, 1.54) is 11.1 Å². The van der Waals surface area contributed by atoms with Gasteiger partial charge in [0.2, 0.25) is 0 Å². The van der Waals surface area contributed by atoms with Crippen molar-refractivity contribution in [3.63, 3.8) is 0 Å². The Kier molecular flexibility index (Phi) is 4.97. The summed E-state index contributed by atoms with van der Waals surface area (Å²) in [6.45, 7) is 11.1. The van der Waals surface area contributed by atoms with Gasteiger partial charge in [-0.1, -0.05) is 36.8 Å². The molecule has 1 saturated heterocycles. The maximum atomic E-state index is 9.79. The summed E-state index contributed by atoms with van der Waals surface area (Å²) in [6, 6.07) is 9.18. The zero-order valence-corrected chi connectivity index (χ0v) is 12.3. The summed E-state index contributed by atoms with van der Waals surface area (Å²) in [5, 5.41) is 9.79. The summed E-state index contributed by atoms with van der Waals surface area (Å²) < 4.78 is 0. The number of piperazine rings is 1. The molecule has 2 rings (SSSR count). The van der Waals surface area contributed by atoms with E-state index in [0.29, 0.717) is 6.04 Å². The number of hydrogen-bond donors (Lipinski definition) is 1. The maximum Gasteiger partial charge on any atom is 0.0628 e. The molecule has 1 N–H and O–H groups in total. The van der Waals surface area contributed by atoms with Crippen LogP contribution in [0.1, 0.15) is 31.0 Å². The Morgan fingerprint density at radius 3 is 2.47 bits per heavy atom. The van der Waals surface area contributed by atoms with Gasteiger partial charge in [-0.05, 0) is 26.0 Å².